The van der Waals surface area contributed by atoms with Gasteiger partial charge in [0.15, 0.2) is 0 Å². The SMILES string of the molecule is CCN[C@H](C)CNC(=O)CCCC[C@@H]1SC[C@@H]2NC(=O)N[C@@H]21.Cl. The molecule has 2 saturated heterocycles. The quantitative estimate of drug-likeness (QED) is 0.366. The Labute approximate surface area is 149 Å². The first-order chi connectivity index (χ1) is 10.6. The minimum Gasteiger partial charge on any atom is -0.355 e. The van der Waals surface area contributed by atoms with Crippen LogP contribution >= 0.6 is 24.2 Å². The highest BCUT2D eigenvalue weighted by Gasteiger charge is 2.42. The molecule has 0 aromatic heterocycles. The first kappa shape index (κ1) is 20.4. The molecule has 0 aromatic carbocycles. The van der Waals surface area contributed by atoms with E-state index >= 15 is 0 Å². The van der Waals surface area contributed by atoms with Crippen molar-refractivity contribution in [3.05, 3.63) is 0 Å². The summed E-state index contributed by atoms with van der Waals surface area (Å²) in [5.74, 6) is 1.13. The van der Waals surface area contributed by atoms with Crippen LogP contribution in [-0.4, -0.2) is 54.2 Å². The summed E-state index contributed by atoms with van der Waals surface area (Å²) < 4.78 is 0. The van der Waals surface area contributed by atoms with Crippen molar-refractivity contribution in [2.45, 2.75) is 62.9 Å². The van der Waals surface area contributed by atoms with E-state index in [1.54, 1.807) is 0 Å². The molecule has 2 fully saturated rings. The number of halogens is 1. The maximum absolute atomic E-state index is 11.8. The fourth-order valence-electron chi connectivity index (χ4n) is 3.05. The maximum Gasteiger partial charge on any atom is 0.315 e. The standard InChI is InChI=1S/C15H28N4O2S.ClH/c1-3-16-10(2)8-17-13(20)7-5-4-6-12-14-11(9-22-12)18-15(21)19-14;/h10-12,14,16H,3-9H2,1-2H3,(H,17,20)(H2,18,19,21);1H/t10-,11+,12+,14+;/m1./s1. The van der Waals surface area contributed by atoms with E-state index < -0.39 is 0 Å². The fourth-order valence-corrected chi connectivity index (χ4v) is 4.59. The molecule has 4 N–H and O–H groups in total. The Morgan fingerprint density at radius 1 is 1.39 bits per heavy atom. The van der Waals surface area contributed by atoms with Gasteiger partial charge >= 0.3 is 6.03 Å². The summed E-state index contributed by atoms with van der Waals surface area (Å²) in [7, 11) is 0. The van der Waals surface area contributed by atoms with Gasteiger partial charge in [0.2, 0.25) is 5.91 Å². The van der Waals surface area contributed by atoms with Crippen LogP contribution in [0.1, 0.15) is 39.5 Å². The molecule has 0 aromatic rings. The highest BCUT2D eigenvalue weighted by molar-refractivity contribution is 8.00. The molecule has 4 atom stereocenters. The molecule has 0 bridgehead atoms. The lowest BCUT2D eigenvalue weighted by atomic mass is 10.0. The van der Waals surface area contributed by atoms with E-state index in [1.165, 1.54) is 0 Å². The second kappa shape index (κ2) is 10.3. The van der Waals surface area contributed by atoms with Crippen LogP contribution in [0.25, 0.3) is 0 Å². The van der Waals surface area contributed by atoms with Gasteiger partial charge in [-0.2, -0.15) is 11.8 Å². The lowest BCUT2D eigenvalue weighted by molar-refractivity contribution is -0.121. The van der Waals surface area contributed by atoms with Gasteiger partial charge in [0.1, 0.15) is 0 Å². The van der Waals surface area contributed by atoms with Gasteiger partial charge in [0, 0.05) is 30.0 Å². The number of nitrogens with one attached hydrogen (secondary N) is 4. The highest BCUT2D eigenvalue weighted by atomic mass is 35.5. The Morgan fingerprint density at radius 3 is 2.91 bits per heavy atom. The lowest BCUT2D eigenvalue weighted by Gasteiger charge is -2.16. The normalized spacial score (nSPS) is 26.7. The number of carbonyl (C=O) groups is 2. The Kier molecular flexibility index (Phi) is 9.09. The Balaban J connectivity index is 0.00000264. The molecule has 2 aliphatic rings. The molecule has 3 amide bonds. The molecule has 134 valence electrons. The molecule has 23 heavy (non-hydrogen) atoms. The zero-order valence-electron chi connectivity index (χ0n) is 13.9. The molecule has 2 heterocycles. The van der Waals surface area contributed by atoms with Crippen LogP contribution in [-0.2, 0) is 4.79 Å². The first-order valence-electron chi connectivity index (χ1n) is 8.29. The Morgan fingerprint density at radius 2 is 2.17 bits per heavy atom. The highest BCUT2D eigenvalue weighted by Crippen LogP contribution is 2.33. The number of urea groups is 1. The number of amides is 3. The van der Waals surface area contributed by atoms with E-state index in [4.69, 9.17) is 0 Å². The van der Waals surface area contributed by atoms with Gasteiger partial charge in [-0.05, 0) is 26.3 Å². The summed E-state index contributed by atoms with van der Waals surface area (Å²) in [5.41, 5.74) is 0. The summed E-state index contributed by atoms with van der Waals surface area (Å²) in [6.45, 7) is 5.74. The minimum atomic E-state index is -0.0329. The van der Waals surface area contributed by atoms with Crippen LogP contribution in [0.3, 0.4) is 0 Å². The molecule has 0 aliphatic carbocycles. The van der Waals surface area contributed by atoms with Crippen molar-refractivity contribution in [2.24, 2.45) is 0 Å². The smallest absolute Gasteiger partial charge is 0.315 e. The van der Waals surface area contributed by atoms with E-state index in [0.717, 1.165) is 31.6 Å². The summed E-state index contributed by atoms with van der Waals surface area (Å²) in [6.07, 6.45) is 3.61. The molecule has 2 aliphatic heterocycles. The third-order valence-corrected chi connectivity index (χ3v) is 5.75. The predicted molar refractivity (Wildman–Crippen MR) is 97.4 cm³/mol. The number of fused-ring (bicyclic) bond motifs is 1. The van der Waals surface area contributed by atoms with Crippen molar-refractivity contribution in [2.75, 3.05) is 18.8 Å². The number of thioether (sulfide) groups is 1. The molecular weight excluding hydrogens is 336 g/mol. The number of hydrogen-bond donors (Lipinski definition) is 4. The van der Waals surface area contributed by atoms with E-state index in [-0.39, 0.29) is 30.4 Å². The van der Waals surface area contributed by atoms with Crippen molar-refractivity contribution in [1.82, 2.24) is 21.3 Å². The Bertz CT molecular complexity index is 400. The second-order valence-corrected chi connectivity index (χ2v) is 7.40. The monoisotopic (exact) mass is 364 g/mol. The molecule has 6 nitrogen and oxygen atoms in total. The van der Waals surface area contributed by atoms with Crippen LogP contribution in [0.2, 0.25) is 0 Å². The summed E-state index contributed by atoms with van der Waals surface area (Å²) in [5, 5.41) is 12.7. The second-order valence-electron chi connectivity index (χ2n) is 6.13. The van der Waals surface area contributed by atoms with Crippen LogP contribution < -0.4 is 21.3 Å². The van der Waals surface area contributed by atoms with Crippen LogP contribution in [0, 0.1) is 0 Å². The van der Waals surface area contributed by atoms with E-state index in [1.807, 2.05) is 11.8 Å². The first-order valence-corrected chi connectivity index (χ1v) is 9.33. The third-order valence-electron chi connectivity index (χ3n) is 4.24. The lowest BCUT2D eigenvalue weighted by Crippen LogP contribution is -2.38. The van der Waals surface area contributed by atoms with Crippen LogP contribution in [0.15, 0.2) is 0 Å². The number of likely N-dealkylation sites (N-methyl/N-ethyl adjacent to an activating group) is 1. The van der Waals surface area contributed by atoms with Crippen LogP contribution in [0.4, 0.5) is 4.79 Å². The molecule has 0 spiro atoms. The van der Waals surface area contributed by atoms with Crippen molar-refractivity contribution in [1.29, 1.82) is 0 Å². The van der Waals surface area contributed by atoms with Crippen molar-refractivity contribution in [3.63, 3.8) is 0 Å². The summed E-state index contributed by atoms with van der Waals surface area (Å²) in [4.78, 5) is 23.1. The zero-order valence-corrected chi connectivity index (χ0v) is 15.5. The van der Waals surface area contributed by atoms with Gasteiger partial charge in [-0.3, -0.25) is 4.79 Å². The average molecular weight is 365 g/mol. The van der Waals surface area contributed by atoms with Gasteiger partial charge in [0.25, 0.3) is 0 Å². The molecular formula is C15H29ClN4O2S. The summed E-state index contributed by atoms with van der Waals surface area (Å²) in [6, 6.07) is 0.847. The molecule has 0 radical (unpaired) electrons. The zero-order chi connectivity index (χ0) is 15.9. The van der Waals surface area contributed by atoms with Gasteiger partial charge in [-0.1, -0.05) is 13.3 Å². The van der Waals surface area contributed by atoms with E-state index in [9.17, 15) is 9.59 Å². The van der Waals surface area contributed by atoms with Gasteiger partial charge in [-0.25, -0.2) is 4.79 Å². The number of rotatable bonds is 9. The largest absolute Gasteiger partial charge is 0.355 e. The molecule has 8 heteroatoms. The van der Waals surface area contributed by atoms with Crippen molar-refractivity contribution >= 4 is 36.1 Å². The number of carbonyl (C=O) groups excluding carboxylic acids is 2. The minimum absolute atomic E-state index is 0. The van der Waals surface area contributed by atoms with Gasteiger partial charge in [0.05, 0.1) is 12.1 Å². The fraction of sp³-hybridized carbons (Fsp3) is 0.867. The third kappa shape index (κ3) is 6.39. The topological polar surface area (TPSA) is 82.3 Å². The molecule has 2 rings (SSSR count). The number of unbranched alkanes of at least 4 members (excludes halogenated alkanes) is 1. The molecule has 0 unspecified atom stereocenters. The maximum atomic E-state index is 11.8. The van der Waals surface area contributed by atoms with Crippen molar-refractivity contribution in [3.8, 4) is 0 Å². The van der Waals surface area contributed by atoms with Crippen LogP contribution in [0.5, 0.6) is 0 Å². The predicted octanol–water partition coefficient (Wildman–Crippen LogP) is 1.25. The Hall–Kier alpha value is -0.660. The van der Waals surface area contributed by atoms with E-state index in [2.05, 4.69) is 35.1 Å². The average Bonchev–Trinajstić information content (AvgIpc) is 3.01. The summed E-state index contributed by atoms with van der Waals surface area (Å²) >= 11 is 1.93. The van der Waals surface area contributed by atoms with Gasteiger partial charge in [-0.15, -0.1) is 12.4 Å². The van der Waals surface area contributed by atoms with E-state index in [0.29, 0.717) is 30.3 Å². The number of hydrogen-bond acceptors (Lipinski definition) is 4. The van der Waals surface area contributed by atoms with Crippen molar-refractivity contribution < 1.29 is 9.59 Å². The van der Waals surface area contributed by atoms with Gasteiger partial charge < -0.3 is 21.3 Å². The molecule has 0 saturated carbocycles.